The molecule has 2 heterocycles. The molecule has 2 N–H and O–H groups in total. The number of hydrogen-bond acceptors (Lipinski definition) is 4. The minimum atomic E-state index is -0.575. The summed E-state index contributed by atoms with van der Waals surface area (Å²) in [5, 5.41) is 22.0. The van der Waals surface area contributed by atoms with E-state index in [-0.39, 0.29) is 18.4 Å². The van der Waals surface area contributed by atoms with E-state index < -0.39 is 17.6 Å². The van der Waals surface area contributed by atoms with Gasteiger partial charge in [-0.1, -0.05) is 38.8 Å². The van der Waals surface area contributed by atoms with Gasteiger partial charge in [-0.15, -0.1) is 12.4 Å². The Labute approximate surface area is 164 Å². The van der Waals surface area contributed by atoms with Gasteiger partial charge in [-0.05, 0) is 43.4 Å². The summed E-state index contributed by atoms with van der Waals surface area (Å²) in [4.78, 5) is 2.48. The topological polar surface area (TPSA) is 52.9 Å². The predicted octanol–water partition coefficient (Wildman–Crippen LogP) is 3.53. The second-order valence-corrected chi connectivity index (χ2v) is 7.61. The van der Waals surface area contributed by atoms with Gasteiger partial charge in [0.1, 0.15) is 5.75 Å². The van der Waals surface area contributed by atoms with Crippen LogP contribution in [0.15, 0.2) is 24.3 Å². The lowest BCUT2D eigenvalue weighted by molar-refractivity contribution is -0.134. The third-order valence-corrected chi connectivity index (χ3v) is 6.16. The van der Waals surface area contributed by atoms with Crippen molar-refractivity contribution < 1.29 is 14.9 Å². The second-order valence-electron chi connectivity index (χ2n) is 7.61. The first kappa shape index (κ1) is 21.5. The second kappa shape index (κ2) is 9.41. The molecule has 26 heavy (non-hydrogen) atoms. The molecule has 148 valence electrons. The van der Waals surface area contributed by atoms with Gasteiger partial charge in [-0.2, -0.15) is 0 Å². The number of aliphatic hydroxyl groups excluding tert-OH is 2. The van der Waals surface area contributed by atoms with E-state index in [4.69, 9.17) is 4.74 Å². The zero-order chi connectivity index (χ0) is 17.9. The molecule has 0 saturated carbocycles. The molecule has 2 aliphatic rings. The standard InChI is InChI=1S/C21H33NO3.ClH/c1-3-5-15-25-17-9-7-16(8-10-17)21-18(6-4-2)22(13-11-19(21)23)14-12-20(21)24;/h7-10,18-20,23-24H,3-6,11-15H2,1-2H3;1H. The molecule has 4 nitrogen and oxygen atoms in total. The summed E-state index contributed by atoms with van der Waals surface area (Å²) in [6, 6.07) is 8.32. The number of fused-ring (bicyclic) bond motifs is 2. The first-order chi connectivity index (χ1) is 12.1. The Morgan fingerprint density at radius 2 is 1.65 bits per heavy atom. The van der Waals surface area contributed by atoms with Crippen LogP contribution in [0.4, 0.5) is 0 Å². The Hall–Kier alpha value is -0.810. The minimum absolute atomic E-state index is 0. The van der Waals surface area contributed by atoms with Crippen LogP contribution in [0.5, 0.6) is 5.75 Å². The third-order valence-electron chi connectivity index (χ3n) is 6.16. The summed E-state index contributed by atoms with van der Waals surface area (Å²) in [5.41, 5.74) is 0.479. The number of hydrogen-bond donors (Lipinski definition) is 2. The van der Waals surface area contributed by atoms with E-state index in [0.29, 0.717) is 0 Å². The lowest BCUT2D eigenvalue weighted by Gasteiger charge is -2.59. The van der Waals surface area contributed by atoms with E-state index in [0.717, 1.165) is 69.5 Å². The normalized spacial score (nSPS) is 33.4. The van der Waals surface area contributed by atoms with Crippen molar-refractivity contribution in [1.82, 2.24) is 4.90 Å². The SMILES string of the molecule is CCCCOc1ccc(C23C(O)CCN(CCC2O)C3CCC)cc1.Cl. The summed E-state index contributed by atoms with van der Waals surface area (Å²) in [6.07, 6.45) is 4.69. The maximum Gasteiger partial charge on any atom is 0.119 e. The highest BCUT2D eigenvalue weighted by Gasteiger charge is 2.57. The van der Waals surface area contributed by atoms with Crippen molar-refractivity contribution in [3.63, 3.8) is 0 Å². The van der Waals surface area contributed by atoms with E-state index in [1.807, 2.05) is 12.1 Å². The van der Waals surface area contributed by atoms with Gasteiger partial charge in [-0.25, -0.2) is 0 Å². The number of ether oxygens (including phenoxy) is 1. The van der Waals surface area contributed by atoms with Gasteiger partial charge < -0.3 is 14.9 Å². The van der Waals surface area contributed by atoms with Gasteiger partial charge in [-0.3, -0.25) is 4.90 Å². The van der Waals surface area contributed by atoms with Crippen LogP contribution in [0.1, 0.15) is 57.9 Å². The Bertz CT molecular complexity index is 537. The van der Waals surface area contributed by atoms with Crippen LogP contribution in [-0.4, -0.2) is 53.1 Å². The van der Waals surface area contributed by atoms with E-state index >= 15 is 0 Å². The van der Waals surface area contributed by atoms with E-state index in [9.17, 15) is 10.2 Å². The fraction of sp³-hybridized carbons (Fsp3) is 0.714. The number of benzene rings is 1. The fourth-order valence-corrected chi connectivity index (χ4v) is 4.89. The molecule has 1 aromatic rings. The van der Waals surface area contributed by atoms with Crippen LogP contribution < -0.4 is 4.74 Å². The summed E-state index contributed by atoms with van der Waals surface area (Å²) < 4.78 is 5.78. The number of piperidine rings is 2. The number of halogens is 1. The van der Waals surface area contributed by atoms with E-state index in [2.05, 4.69) is 30.9 Å². The summed E-state index contributed by atoms with van der Waals surface area (Å²) in [7, 11) is 0. The van der Waals surface area contributed by atoms with Crippen LogP contribution in [0.2, 0.25) is 0 Å². The zero-order valence-electron chi connectivity index (χ0n) is 16.1. The van der Waals surface area contributed by atoms with Crippen LogP contribution in [0.25, 0.3) is 0 Å². The average molecular weight is 384 g/mol. The molecule has 2 bridgehead atoms. The Kier molecular flexibility index (Phi) is 7.77. The first-order valence-electron chi connectivity index (χ1n) is 9.98. The molecule has 2 fully saturated rings. The molecule has 3 rings (SSSR count). The zero-order valence-corrected chi connectivity index (χ0v) is 16.9. The predicted molar refractivity (Wildman–Crippen MR) is 107 cm³/mol. The summed E-state index contributed by atoms with van der Waals surface area (Å²) >= 11 is 0. The van der Waals surface area contributed by atoms with Gasteiger partial charge in [0.2, 0.25) is 0 Å². The van der Waals surface area contributed by atoms with Gasteiger partial charge in [0, 0.05) is 19.1 Å². The van der Waals surface area contributed by atoms with Gasteiger partial charge in [0.05, 0.1) is 24.2 Å². The molecule has 2 aliphatic heterocycles. The van der Waals surface area contributed by atoms with Crippen molar-refractivity contribution in [2.75, 3.05) is 19.7 Å². The Morgan fingerprint density at radius 1 is 1.04 bits per heavy atom. The average Bonchev–Trinajstić information content (AvgIpc) is 2.62. The Morgan fingerprint density at radius 3 is 2.19 bits per heavy atom. The highest BCUT2D eigenvalue weighted by Crippen LogP contribution is 2.48. The number of rotatable bonds is 7. The first-order valence-corrected chi connectivity index (χ1v) is 9.98. The maximum absolute atomic E-state index is 11.0. The van der Waals surface area contributed by atoms with E-state index in [1.165, 1.54) is 0 Å². The molecule has 0 spiro atoms. The molecule has 3 atom stereocenters. The highest BCUT2D eigenvalue weighted by molar-refractivity contribution is 5.85. The lowest BCUT2D eigenvalue weighted by Crippen LogP contribution is -2.70. The molecular weight excluding hydrogens is 350 g/mol. The van der Waals surface area contributed by atoms with Crippen LogP contribution in [0, 0.1) is 0 Å². The minimum Gasteiger partial charge on any atom is -0.494 e. The molecule has 2 saturated heterocycles. The Balaban J connectivity index is 0.00000243. The maximum atomic E-state index is 11.0. The quantitative estimate of drug-likeness (QED) is 0.707. The van der Waals surface area contributed by atoms with Crippen molar-refractivity contribution in [2.24, 2.45) is 0 Å². The van der Waals surface area contributed by atoms with Crippen molar-refractivity contribution in [3.05, 3.63) is 29.8 Å². The third kappa shape index (κ3) is 3.75. The van der Waals surface area contributed by atoms with Crippen molar-refractivity contribution >= 4 is 12.4 Å². The molecule has 3 unspecified atom stereocenters. The number of nitrogens with zero attached hydrogens (tertiary/aromatic N) is 1. The summed E-state index contributed by atoms with van der Waals surface area (Å²) in [5.74, 6) is 0.869. The number of unbranched alkanes of at least 4 members (excludes halogenated alkanes) is 1. The van der Waals surface area contributed by atoms with Gasteiger partial charge in [0.15, 0.2) is 0 Å². The van der Waals surface area contributed by atoms with Gasteiger partial charge in [0.25, 0.3) is 0 Å². The van der Waals surface area contributed by atoms with Crippen LogP contribution >= 0.6 is 12.4 Å². The molecule has 0 radical (unpaired) electrons. The molecule has 1 aromatic carbocycles. The molecule has 5 heteroatoms. The molecule has 0 aromatic heterocycles. The monoisotopic (exact) mass is 383 g/mol. The number of aliphatic hydroxyl groups is 2. The van der Waals surface area contributed by atoms with Crippen LogP contribution in [0.3, 0.4) is 0 Å². The van der Waals surface area contributed by atoms with Crippen molar-refractivity contribution in [1.29, 1.82) is 0 Å². The molecular formula is C21H34ClNO3. The lowest BCUT2D eigenvalue weighted by atomic mass is 9.59. The van der Waals surface area contributed by atoms with Gasteiger partial charge >= 0.3 is 0 Å². The van der Waals surface area contributed by atoms with Crippen molar-refractivity contribution in [2.45, 2.75) is 76.0 Å². The largest absolute Gasteiger partial charge is 0.494 e. The summed E-state index contributed by atoms with van der Waals surface area (Å²) in [6.45, 7) is 6.93. The van der Waals surface area contributed by atoms with Crippen molar-refractivity contribution in [3.8, 4) is 5.75 Å². The van der Waals surface area contributed by atoms with Crippen LogP contribution in [-0.2, 0) is 5.41 Å². The molecule has 0 aliphatic carbocycles. The fourth-order valence-electron chi connectivity index (χ4n) is 4.89. The molecule has 0 amide bonds. The smallest absolute Gasteiger partial charge is 0.119 e. The highest BCUT2D eigenvalue weighted by atomic mass is 35.5. The van der Waals surface area contributed by atoms with E-state index in [1.54, 1.807) is 0 Å².